The van der Waals surface area contributed by atoms with Crippen molar-refractivity contribution in [1.82, 2.24) is 24.1 Å². The molecule has 4 aromatic rings. The van der Waals surface area contributed by atoms with Gasteiger partial charge in [-0.2, -0.15) is 0 Å². The van der Waals surface area contributed by atoms with Crippen molar-refractivity contribution in [2.75, 3.05) is 6.54 Å². The Labute approximate surface area is 177 Å². The van der Waals surface area contributed by atoms with Crippen LogP contribution in [0.15, 0.2) is 71.8 Å². The Bertz CT molecular complexity index is 1250. The minimum Gasteiger partial charge on any atom is -0.436 e. The van der Waals surface area contributed by atoms with E-state index in [-0.39, 0.29) is 24.0 Å². The third-order valence-electron chi connectivity index (χ3n) is 4.73. The Morgan fingerprint density at radius 3 is 2.58 bits per heavy atom. The maximum atomic E-state index is 13.1. The van der Waals surface area contributed by atoms with Gasteiger partial charge in [0.2, 0.25) is 11.6 Å². The summed E-state index contributed by atoms with van der Waals surface area (Å²) < 4.78 is 21.1. The zero-order chi connectivity index (χ0) is 21.8. The van der Waals surface area contributed by atoms with Crippen LogP contribution in [0, 0.1) is 5.82 Å². The number of hydrogen-bond donors (Lipinski definition) is 0. The second-order valence-corrected chi connectivity index (χ2v) is 6.82. The minimum atomic E-state index is -0.481. The molecule has 0 aliphatic carbocycles. The van der Waals surface area contributed by atoms with Gasteiger partial charge in [0.15, 0.2) is 0 Å². The molecule has 0 saturated carbocycles. The van der Waals surface area contributed by atoms with Crippen molar-refractivity contribution in [3.05, 3.63) is 88.9 Å². The summed E-state index contributed by atoms with van der Waals surface area (Å²) >= 11 is 0. The highest BCUT2D eigenvalue weighted by atomic mass is 19.1. The van der Waals surface area contributed by atoms with E-state index in [9.17, 15) is 14.0 Å². The fourth-order valence-electron chi connectivity index (χ4n) is 3.12. The van der Waals surface area contributed by atoms with Gasteiger partial charge < -0.3 is 9.64 Å². The van der Waals surface area contributed by atoms with Crippen LogP contribution in [0.3, 0.4) is 0 Å². The minimum absolute atomic E-state index is 0.0778. The molecular weight excluding hydrogens is 401 g/mol. The summed E-state index contributed by atoms with van der Waals surface area (Å²) in [5, 5.41) is 4.25. The van der Waals surface area contributed by atoms with Crippen LogP contribution in [0.4, 0.5) is 4.39 Å². The van der Waals surface area contributed by atoms with Crippen molar-refractivity contribution in [3.63, 3.8) is 0 Å². The number of carbonyl (C=O) groups is 1. The van der Waals surface area contributed by atoms with Gasteiger partial charge in [-0.25, -0.2) is 23.3 Å². The molecule has 0 unspecified atom stereocenters. The number of amides is 1. The van der Waals surface area contributed by atoms with Crippen molar-refractivity contribution >= 4 is 11.6 Å². The summed E-state index contributed by atoms with van der Waals surface area (Å²) in [4.78, 5) is 31.3. The lowest BCUT2D eigenvalue weighted by molar-refractivity contribution is -0.132. The first kappa shape index (κ1) is 20.3. The lowest BCUT2D eigenvalue weighted by Crippen LogP contribution is -2.36. The van der Waals surface area contributed by atoms with E-state index in [1.165, 1.54) is 41.1 Å². The van der Waals surface area contributed by atoms with Crippen LogP contribution in [0.1, 0.15) is 12.5 Å². The van der Waals surface area contributed by atoms with E-state index in [2.05, 4.69) is 10.1 Å². The molecule has 4 rings (SSSR count). The molecule has 0 bridgehead atoms. The first-order valence-electron chi connectivity index (χ1n) is 9.74. The topological polar surface area (TPSA) is 81.7 Å². The van der Waals surface area contributed by atoms with E-state index in [0.29, 0.717) is 18.8 Å². The molecule has 31 heavy (non-hydrogen) atoms. The van der Waals surface area contributed by atoms with E-state index in [0.717, 1.165) is 10.2 Å². The van der Waals surface area contributed by atoms with Crippen LogP contribution >= 0.6 is 0 Å². The predicted molar refractivity (Wildman–Crippen MR) is 111 cm³/mol. The molecule has 0 fully saturated rings. The van der Waals surface area contributed by atoms with E-state index in [1.54, 1.807) is 4.90 Å². The van der Waals surface area contributed by atoms with E-state index in [1.807, 2.05) is 37.3 Å². The molecule has 158 valence electrons. The second kappa shape index (κ2) is 8.78. The first-order valence-corrected chi connectivity index (χ1v) is 9.74. The van der Waals surface area contributed by atoms with Crippen LogP contribution in [-0.4, -0.2) is 36.5 Å². The highest BCUT2D eigenvalue weighted by Crippen LogP contribution is 2.22. The number of halogens is 1. The highest BCUT2D eigenvalue weighted by molar-refractivity contribution is 5.76. The number of benzene rings is 2. The summed E-state index contributed by atoms with van der Waals surface area (Å²) in [5.74, 6) is -0.200. The lowest BCUT2D eigenvalue weighted by atomic mass is 10.2. The summed E-state index contributed by atoms with van der Waals surface area (Å²) in [6.45, 7) is 2.61. The smallest absolute Gasteiger partial charge is 0.351 e. The van der Waals surface area contributed by atoms with Crippen molar-refractivity contribution in [1.29, 1.82) is 0 Å². The average Bonchev–Trinajstić information content (AvgIpc) is 3.10. The number of likely N-dealkylation sites (N-methyl/N-ethyl adjacent to an activating group) is 1. The summed E-state index contributed by atoms with van der Waals surface area (Å²) in [6.07, 6.45) is 2.85. The molecule has 2 heterocycles. The Morgan fingerprint density at radius 2 is 1.87 bits per heavy atom. The largest absolute Gasteiger partial charge is 0.436 e. The average molecular weight is 421 g/mol. The van der Waals surface area contributed by atoms with Crippen molar-refractivity contribution in [2.24, 2.45) is 0 Å². The van der Waals surface area contributed by atoms with Crippen LogP contribution in [0.2, 0.25) is 0 Å². The number of rotatable bonds is 7. The van der Waals surface area contributed by atoms with E-state index >= 15 is 0 Å². The normalized spacial score (nSPS) is 10.9. The van der Waals surface area contributed by atoms with Crippen LogP contribution in [-0.2, 0) is 17.9 Å². The molecule has 0 spiro atoms. The van der Waals surface area contributed by atoms with Gasteiger partial charge in [0.25, 0.3) is 5.88 Å². The van der Waals surface area contributed by atoms with Crippen LogP contribution in [0.5, 0.6) is 11.6 Å². The maximum Gasteiger partial charge on any atom is 0.351 e. The molecule has 1 amide bonds. The van der Waals surface area contributed by atoms with Gasteiger partial charge in [-0.05, 0) is 36.8 Å². The lowest BCUT2D eigenvalue weighted by Gasteiger charge is -2.20. The van der Waals surface area contributed by atoms with Gasteiger partial charge in [-0.15, -0.1) is 5.10 Å². The quantitative estimate of drug-likeness (QED) is 0.458. The zero-order valence-corrected chi connectivity index (χ0v) is 16.8. The Balaban J connectivity index is 1.58. The molecule has 0 aliphatic rings. The summed E-state index contributed by atoms with van der Waals surface area (Å²) in [6, 6.07) is 15.0. The number of nitrogens with zero attached hydrogens (tertiary/aromatic N) is 5. The predicted octanol–water partition coefficient (Wildman–Crippen LogP) is 2.87. The highest BCUT2D eigenvalue weighted by Gasteiger charge is 2.18. The fraction of sp³-hybridized carbons (Fsp3) is 0.182. The number of ether oxygens (including phenoxy) is 1. The molecule has 0 N–H and O–H groups in total. The Hall–Kier alpha value is -4.01. The summed E-state index contributed by atoms with van der Waals surface area (Å²) in [7, 11) is 0. The Morgan fingerprint density at radius 1 is 1.13 bits per heavy atom. The fourth-order valence-corrected chi connectivity index (χ4v) is 3.12. The number of hydrogen-bond acceptors (Lipinski definition) is 5. The number of aromatic nitrogens is 4. The summed E-state index contributed by atoms with van der Waals surface area (Å²) in [5.41, 5.74) is 0.681. The van der Waals surface area contributed by atoms with Crippen molar-refractivity contribution < 1.29 is 13.9 Å². The van der Waals surface area contributed by atoms with Gasteiger partial charge in [-0.3, -0.25) is 4.79 Å². The third kappa shape index (κ3) is 4.45. The van der Waals surface area contributed by atoms with Gasteiger partial charge in [-0.1, -0.05) is 30.3 Å². The van der Waals surface area contributed by atoms with Gasteiger partial charge in [0.1, 0.15) is 18.1 Å². The first-order chi connectivity index (χ1) is 15.0. The monoisotopic (exact) mass is 421 g/mol. The molecule has 0 saturated heterocycles. The van der Waals surface area contributed by atoms with Crippen LogP contribution < -0.4 is 10.4 Å². The molecule has 0 aliphatic heterocycles. The standard InChI is InChI=1S/C22H20FN5O3/c1-2-26(14-16-6-4-3-5-7-16)19(29)15-28-22(30)27-13-12-24-21(20(27)25-28)31-18-10-8-17(23)9-11-18/h3-13H,2,14-15H2,1H3. The molecule has 0 radical (unpaired) electrons. The molecular formula is C22H20FN5O3. The zero-order valence-electron chi connectivity index (χ0n) is 16.8. The maximum absolute atomic E-state index is 13.1. The van der Waals surface area contributed by atoms with E-state index in [4.69, 9.17) is 4.74 Å². The molecule has 2 aromatic heterocycles. The van der Waals surface area contributed by atoms with Gasteiger partial charge >= 0.3 is 5.69 Å². The van der Waals surface area contributed by atoms with Gasteiger partial charge in [0, 0.05) is 25.5 Å². The number of fused-ring (bicyclic) bond motifs is 1. The van der Waals surface area contributed by atoms with Crippen molar-refractivity contribution in [2.45, 2.75) is 20.0 Å². The third-order valence-corrected chi connectivity index (χ3v) is 4.73. The van der Waals surface area contributed by atoms with Gasteiger partial charge in [0.05, 0.1) is 0 Å². The SMILES string of the molecule is CCN(Cc1ccccc1)C(=O)Cn1nc2c(Oc3ccc(F)cc3)nccn2c1=O. The molecule has 0 atom stereocenters. The Kier molecular flexibility index (Phi) is 5.74. The molecule has 2 aromatic carbocycles. The number of carbonyl (C=O) groups excluding carboxylic acids is 1. The molecule has 9 heteroatoms. The van der Waals surface area contributed by atoms with E-state index < -0.39 is 11.5 Å². The molecule has 8 nitrogen and oxygen atoms in total. The van der Waals surface area contributed by atoms with Crippen molar-refractivity contribution in [3.8, 4) is 11.6 Å². The van der Waals surface area contributed by atoms with Crippen LogP contribution in [0.25, 0.3) is 5.65 Å². The second-order valence-electron chi connectivity index (χ2n) is 6.82.